The zero-order valence-electron chi connectivity index (χ0n) is 20.8. The third-order valence-corrected chi connectivity index (χ3v) is 6.50. The average molecular weight is 491 g/mol. The maximum Gasteiger partial charge on any atom is 0.243 e. The number of benzene rings is 3. The van der Waals surface area contributed by atoms with Crippen LogP contribution in [0.1, 0.15) is 48.9 Å². The molecular formula is C30H35ClN2O2. The van der Waals surface area contributed by atoms with Crippen molar-refractivity contribution in [3.63, 3.8) is 0 Å². The van der Waals surface area contributed by atoms with Crippen LogP contribution in [0.2, 0.25) is 5.02 Å². The molecule has 0 unspecified atom stereocenters. The Kier molecular flexibility index (Phi) is 9.92. The molecule has 2 atom stereocenters. The minimum Gasteiger partial charge on any atom is -0.352 e. The Balaban J connectivity index is 1.90. The molecule has 0 heterocycles. The van der Waals surface area contributed by atoms with Crippen molar-refractivity contribution in [2.45, 2.75) is 65.1 Å². The average Bonchev–Trinajstić information content (AvgIpc) is 2.86. The molecule has 0 aliphatic heterocycles. The Labute approximate surface area is 214 Å². The van der Waals surface area contributed by atoms with Gasteiger partial charge in [-0.3, -0.25) is 9.59 Å². The summed E-state index contributed by atoms with van der Waals surface area (Å²) in [5, 5.41) is 3.71. The van der Waals surface area contributed by atoms with Gasteiger partial charge in [0.05, 0.1) is 0 Å². The number of aryl methyl sites for hydroxylation is 2. The summed E-state index contributed by atoms with van der Waals surface area (Å²) >= 11 is 6.24. The topological polar surface area (TPSA) is 49.4 Å². The third-order valence-electron chi connectivity index (χ3n) is 6.26. The highest BCUT2D eigenvalue weighted by atomic mass is 35.5. The molecule has 0 fully saturated rings. The number of nitrogens with one attached hydrogen (secondary N) is 1. The van der Waals surface area contributed by atoms with Crippen LogP contribution in [0, 0.1) is 6.92 Å². The van der Waals surface area contributed by atoms with Gasteiger partial charge in [-0.1, -0.05) is 90.8 Å². The summed E-state index contributed by atoms with van der Waals surface area (Å²) in [6.07, 6.45) is 2.21. The number of amides is 2. The van der Waals surface area contributed by atoms with Crippen LogP contribution in [0.15, 0.2) is 78.9 Å². The fraction of sp³-hybridized carbons (Fsp3) is 0.333. The second-order valence-electron chi connectivity index (χ2n) is 9.16. The number of hydrogen-bond donors (Lipinski definition) is 1. The van der Waals surface area contributed by atoms with Crippen molar-refractivity contribution < 1.29 is 9.59 Å². The molecule has 5 heteroatoms. The first-order valence-corrected chi connectivity index (χ1v) is 12.7. The Morgan fingerprint density at radius 1 is 0.914 bits per heavy atom. The standard InChI is InChI=1S/C30H35ClN2O2/c1-4-23(3)32-30(35)28(20-25-9-6-5-7-10-25)33(21-26-11-8-12-27(31)19-26)29(34)18-17-24-15-13-22(2)14-16-24/h5-16,19,23,28H,4,17-18,20-21H2,1-3H3,(H,32,35)/t23-,28+/m0/s1. The van der Waals surface area contributed by atoms with Crippen LogP contribution in [0.3, 0.4) is 0 Å². The lowest BCUT2D eigenvalue weighted by Gasteiger charge is -2.32. The van der Waals surface area contributed by atoms with E-state index < -0.39 is 6.04 Å². The molecule has 0 saturated heterocycles. The van der Waals surface area contributed by atoms with Gasteiger partial charge in [0.25, 0.3) is 0 Å². The zero-order chi connectivity index (χ0) is 25.2. The predicted octanol–water partition coefficient (Wildman–Crippen LogP) is 6.14. The van der Waals surface area contributed by atoms with E-state index in [1.54, 1.807) is 4.90 Å². The molecule has 0 radical (unpaired) electrons. The van der Waals surface area contributed by atoms with Crippen LogP contribution in [0.4, 0.5) is 0 Å². The van der Waals surface area contributed by atoms with Gasteiger partial charge in [-0.15, -0.1) is 0 Å². The summed E-state index contributed by atoms with van der Waals surface area (Å²) in [5.41, 5.74) is 4.21. The highest BCUT2D eigenvalue weighted by Crippen LogP contribution is 2.19. The Hall–Kier alpha value is -3.11. The van der Waals surface area contributed by atoms with Gasteiger partial charge in [0, 0.05) is 30.5 Å². The van der Waals surface area contributed by atoms with Crippen LogP contribution >= 0.6 is 11.6 Å². The molecule has 0 saturated carbocycles. The first-order valence-electron chi connectivity index (χ1n) is 12.3. The van der Waals surface area contributed by atoms with Gasteiger partial charge in [0.1, 0.15) is 6.04 Å². The molecule has 4 nitrogen and oxygen atoms in total. The van der Waals surface area contributed by atoms with Crippen molar-refractivity contribution in [1.29, 1.82) is 0 Å². The molecule has 0 spiro atoms. The molecule has 3 rings (SSSR count). The summed E-state index contributed by atoms with van der Waals surface area (Å²) in [4.78, 5) is 28.9. The fourth-order valence-corrected chi connectivity index (χ4v) is 4.19. The second kappa shape index (κ2) is 13.1. The second-order valence-corrected chi connectivity index (χ2v) is 9.60. The van der Waals surface area contributed by atoms with Gasteiger partial charge in [-0.2, -0.15) is 0 Å². The number of rotatable bonds is 11. The molecule has 3 aromatic carbocycles. The number of carbonyl (C=O) groups is 2. The van der Waals surface area contributed by atoms with Crippen LogP contribution in [-0.4, -0.2) is 28.8 Å². The molecule has 1 N–H and O–H groups in total. The lowest BCUT2D eigenvalue weighted by molar-refractivity contribution is -0.141. The van der Waals surface area contributed by atoms with E-state index in [1.165, 1.54) is 5.56 Å². The van der Waals surface area contributed by atoms with E-state index in [0.717, 1.165) is 23.1 Å². The molecular weight excluding hydrogens is 456 g/mol. The van der Waals surface area contributed by atoms with Crippen LogP contribution in [-0.2, 0) is 29.0 Å². The van der Waals surface area contributed by atoms with Crippen molar-refractivity contribution in [3.05, 3.63) is 106 Å². The monoisotopic (exact) mass is 490 g/mol. The van der Waals surface area contributed by atoms with Crippen molar-refractivity contribution in [3.8, 4) is 0 Å². The van der Waals surface area contributed by atoms with E-state index in [9.17, 15) is 9.59 Å². The third kappa shape index (κ3) is 8.25. The largest absolute Gasteiger partial charge is 0.352 e. The Morgan fingerprint density at radius 2 is 1.60 bits per heavy atom. The van der Waals surface area contributed by atoms with E-state index >= 15 is 0 Å². The summed E-state index contributed by atoms with van der Waals surface area (Å²) in [6, 6.07) is 25.0. The number of hydrogen-bond acceptors (Lipinski definition) is 2. The molecule has 2 amide bonds. The number of carbonyl (C=O) groups excluding carboxylic acids is 2. The Morgan fingerprint density at radius 3 is 2.26 bits per heavy atom. The zero-order valence-corrected chi connectivity index (χ0v) is 21.6. The highest BCUT2D eigenvalue weighted by Gasteiger charge is 2.30. The maximum absolute atomic E-state index is 13.7. The van der Waals surface area contributed by atoms with Crippen molar-refractivity contribution in [2.24, 2.45) is 0 Å². The minimum atomic E-state index is -0.629. The van der Waals surface area contributed by atoms with Gasteiger partial charge < -0.3 is 10.2 Å². The fourth-order valence-electron chi connectivity index (χ4n) is 3.98. The SMILES string of the molecule is CC[C@H](C)NC(=O)[C@@H](Cc1ccccc1)N(Cc1cccc(Cl)c1)C(=O)CCc1ccc(C)cc1. The molecule has 0 aliphatic rings. The first kappa shape index (κ1) is 26.5. The van der Waals surface area contributed by atoms with Crippen molar-refractivity contribution in [1.82, 2.24) is 10.2 Å². The molecule has 35 heavy (non-hydrogen) atoms. The molecule has 184 valence electrons. The summed E-state index contributed by atoms with van der Waals surface area (Å²) in [6.45, 7) is 6.38. The van der Waals surface area contributed by atoms with Gasteiger partial charge in [0.2, 0.25) is 11.8 Å². The van der Waals surface area contributed by atoms with E-state index in [-0.39, 0.29) is 17.9 Å². The quantitative estimate of drug-likeness (QED) is 0.351. The van der Waals surface area contributed by atoms with E-state index in [0.29, 0.717) is 30.8 Å². The minimum absolute atomic E-state index is 0.0245. The highest BCUT2D eigenvalue weighted by molar-refractivity contribution is 6.30. The van der Waals surface area contributed by atoms with Gasteiger partial charge in [-0.05, 0) is 55.5 Å². The van der Waals surface area contributed by atoms with Gasteiger partial charge in [-0.25, -0.2) is 0 Å². The van der Waals surface area contributed by atoms with Gasteiger partial charge in [0.15, 0.2) is 0 Å². The Bertz CT molecular complexity index is 1100. The van der Waals surface area contributed by atoms with Crippen molar-refractivity contribution >= 4 is 23.4 Å². The molecule has 0 bridgehead atoms. The lowest BCUT2D eigenvalue weighted by atomic mass is 10.0. The van der Waals surface area contributed by atoms with Crippen molar-refractivity contribution in [2.75, 3.05) is 0 Å². The molecule has 3 aromatic rings. The van der Waals surface area contributed by atoms with E-state index in [4.69, 9.17) is 11.6 Å². The summed E-state index contributed by atoms with van der Waals surface area (Å²) in [7, 11) is 0. The van der Waals surface area contributed by atoms with E-state index in [1.807, 2.05) is 75.4 Å². The van der Waals surface area contributed by atoms with Gasteiger partial charge >= 0.3 is 0 Å². The first-order chi connectivity index (χ1) is 16.9. The number of halogens is 1. The van der Waals surface area contributed by atoms with Crippen LogP contribution in [0.25, 0.3) is 0 Å². The summed E-state index contributed by atoms with van der Waals surface area (Å²) < 4.78 is 0. The normalized spacial score (nSPS) is 12.6. The number of nitrogens with zero attached hydrogens (tertiary/aromatic N) is 1. The smallest absolute Gasteiger partial charge is 0.243 e. The maximum atomic E-state index is 13.7. The summed E-state index contributed by atoms with van der Waals surface area (Å²) in [5.74, 6) is -0.181. The lowest BCUT2D eigenvalue weighted by Crippen LogP contribution is -2.52. The van der Waals surface area contributed by atoms with Crippen LogP contribution < -0.4 is 5.32 Å². The van der Waals surface area contributed by atoms with E-state index in [2.05, 4.69) is 29.6 Å². The predicted molar refractivity (Wildman–Crippen MR) is 143 cm³/mol. The molecule has 0 aliphatic carbocycles. The molecule has 0 aromatic heterocycles. The van der Waals surface area contributed by atoms with Crippen LogP contribution in [0.5, 0.6) is 0 Å².